The average Bonchev–Trinajstić information content (AvgIpc) is 2.91. The van der Waals surface area contributed by atoms with Crippen LogP contribution in [-0.2, 0) is 0 Å². The number of benzene rings is 2. The van der Waals surface area contributed by atoms with E-state index >= 15 is 0 Å². The van der Waals surface area contributed by atoms with Gasteiger partial charge >= 0.3 is 6.03 Å². The van der Waals surface area contributed by atoms with E-state index in [1.54, 1.807) is 38.5 Å². The maximum atomic E-state index is 13.2. The Hall–Kier alpha value is -3.46. The lowest BCUT2D eigenvalue weighted by molar-refractivity contribution is 0.0949. The summed E-state index contributed by atoms with van der Waals surface area (Å²) < 4.78 is 10.5. The molecule has 0 unspecified atom stereocenters. The molecule has 1 fully saturated rings. The van der Waals surface area contributed by atoms with Crippen molar-refractivity contribution in [2.24, 2.45) is 0 Å². The fraction of sp³-hybridized carbons (Fsp3) is 0.481. The number of ether oxygens (including phenoxy) is 2. The number of nitrogens with zero attached hydrogens (tertiary/aromatic N) is 2. The van der Waals surface area contributed by atoms with Gasteiger partial charge in [-0.15, -0.1) is 0 Å². The second-order valence-corrected chi connectivity index (χ2v) is 8.74. The molecule has 1 aliphatic heterocycles. The number of nitrogens with one attached hydrogen (secondary N) is 3. The molecular weight excluding hydrogens is 458 g/mol. The molecule has 2 aromatic carbocycles. The SMILES string of the molecule is CCN(CC)CCNC(=O)c1cc(NC(=O)Nc2cc(OC)cc(OC)c2)ccc1N1CCCCC1. The lowest BCUT2D eigenvalue weighted by atomic mass is 10.1. The van der Waals surface area contributed by atoms with Gasteiger partial charge in [0.05, 0.1) is 19.8 Å². The fourth-order valence-corrected chi connectivity index (χ4v) is 4.34. The highest BCUT2D eigenvalue weighted by molar-refractivity contribution is 6.04. The maximum Gasteiger partial charge on any atom is 0.323 e. The highest BCUT2D eigenvalue weighted by Gasteiger charge is 2.20. The summed E-state index contributed by atoms with van der Waals surface area (Å²) >= 11 is 0. The van der Waals surface area contributed by atoms with Crippen molar-refractivity contribution in [2.75, 3.05) is 69.0 Å². The van der Waals surface area contributed by atoms with Crippen LogP contribution in [0.15, 0.2) is 36.4 Å². The number of hydrogen-bond donors (Lipinski definition) is 3. The fourth-order valence-electron chi connectivity index (χ4n) is 4.34. The molecule has 0 aliphatic carbocycles. The standard InChI is InChI=1S/C27H39N5O4/c1-5-31(6-2)15-12-28-26(33)24-18-20(10-11-25(24)32-13-8-7-9-14-32)29-27(34)30-21-16-22(35-3)19-23(17-21)36-4/h10-11,16-19H,5-9,12-15H2,1-4H3,(H,28,33)(H2,29,30,34). The van der Waals surface area contributed by atoms with Crippen LogP contribution in [0.25, 0.3) is 0 Å². The van der Waals surface area contributed by atoms with Crippen molar-refractivity contribution in [1.82, 2.24) is 10.2 Å². The molecule has 2 aromatic rings. The molecule has 0 saturated carbocycles. The zero-order valence-corrected chi connectivity index (χ0v) is 21.9. The Bertz CT molecular complexity index is 997. The zero-order valence-electron chi connectivity index (χ0n) is 21.9. The topological polar surface area (TPSA) is 95.2 Å². The van der Waals surface area contributed by atoms with Gasteiger partial charge < -0.3 is 35.2 Å². The van der Waals surface area contributed by atoms with Crippen molar-refractivity contribution >= 4 is 29.0 Å². The predicted octanol–water partition coefficient (Wildman–Crippen LogP) is 4.41. The van der Waals surface area contributed by atoms with E-state index in [1.807, 2.05) is 12.1 Å². The van der Waals surface area contributed by atoms with Crippen molar-refractivity contribution in [3.8, 4) is 11.5 Å². The first-order valence-electron chi connectivity index (χ1n) is 12.7. The molecule has 0 atom stereocenters. The van der Waals surface area contributed by atoms with Crippen molar-refractivity contribution in [1.29, 1.82) is 0 Å². The summed E-state index contributed by atoms with van der Waals surface area (Å²) in [6.07, 6.45) is 3.42. The Balaban J connectivity index is 1.75. The highest BCUT2D eigenvalue weighted by atomic mass is 16.5. The number of carbonyl (C=O) groups is 2. The van der Waals surface area contributed by atoms with Crippen molar-refractivity contribution in [2.45, 2.75) is 33.1 Å². The van der Waals surface area contributed by atoms with Crippen LogP contribution >= 0.6 is 0 Å². The molecule has 0 aromatic heterocycles. The largest absolute Gasteiger partial charge is 0.497 e. The zero-order chi connectivity index (χ0) is 25.9. The first-order chi connectivity index (χ1) is 17.5. The van der Waals surface area contributed by atoms with E-state index < -0.39 is 6.03 Å². The number of likely N-dealkylation sites (N-methyl/N-ethyl adjacent to an activating group) is 1. The van der Waals surface area contributed by atoms with Crippen LogP contribution in [0.1, 0.15) is 43.5 Å². The molecule has 0 bridgehead atoms. The third kappa shape index (κ3) is 7.52. The third-order valence-electron chi connectivity index (χ3n) is 6.41. The van der Waals surface area contributed by atoms with Crippen LogP contribution in [0.2, 0.25) is 0 Å². The van der Waals surface area contributed by atoms with E-state index in [4.69, 9.17) is 9.47 Å². The van der Waals surface area contributed by atoms with Crippen LogP contribution in [0.3, 0.4) is 0 Å². The molecule has 3 rings (SSSR count). The summed E-state index contributed by atoms with van der Waals surface area (Å²) in [5.41, 5.74) is 2.54. The molecule has 36 heavy (non-hydrogen) atoms. The van der Waals surface area contributed by atoms with Gasteiger partial charge in [0.1, 0.15) is 11.5 Å². The van der Waals surface area contributed by atoms with Gasteiger partial charge in [-0.3, -0.25) is 4.79 Å². The van der Waals surface area contributed by atoms with Gasteiger partial charge in [-0.25, -0.2) is 4.79 Å². The van der Waals surface area contributed by atoms with Gasteiger partial charge in [0.2, 0.25) is 0 Å². The molecular formula is C27H39N5O4. The van der Waals surface area contributed by atoms with E-state index in [0.29, 0.717) is 35.0 Å². The number of hydrogen-bond acceptors (Lipinski definition) is 6. The number of anilines is 3. The smallest absolute Gasteiger partial charge is 0.323 e. The first kappa shape index (κ1) is 27.1. The number of rotatable bonds is 11. The quantitative estimate of drug-likeness (QED) is 0.426. The minimum atomic E-state index is -0.427. The summed E-state index contributed by atoms with van der Waals surface area (Å²) in [7, 11) is 3.11. The summed E-state index contributed by atoms with van der Waals surface area (Å²) in [6, 6.07) is 10.2. The maximum absolute atomic E-state index is 13.2. The molecule has 3 N–H and O–H groups in total. The monoisotopic (exact) mass is 497 g/mol. The van der Waals surface area contributed by atoms with Gasteiger partial charge in [-0.1, -0.05) is 13.8 Å². The number of carbonyl (C=O) groups excluding carboxylic acids is 2. The lowest BCUT2D eigenvalue weighted by Crippen LogP contribution is -2.36. The van der Waals surface area contributed by atoms with Gasteiger partial charge in [0.15, 0.2) is 0 Å². The van der Waals surface area contributed by atoms with E-state index in [9.17, 15) is 9.59 Å². The summed E-state index contributed by atoms with van der Waals surface area (Å²) in [4.78, 5) is 30.5. The molecule has 1 aliphatic rings. The lowest BCUT2D eigenvalue weighted by Gasteiger charge is -2.30. The number of urea groups is 1. The average molecular weight is 498 g/mol. The number of amides is 3. The van der Waals surface area contributed by atoms with Gasteiger partial charge in [0, 0.05) is 61.4 Å². The van der Waals surface area contributed by atoms with Crippen molar-refractivity contribution < 1.29 is 19.1 Å². The van der Waals surface area contributed by atoms with Crippen LogP contribution in [0.5, 0.6) is 11.5 Å². The molecule has 1 heterocycles. The van der Waals surface area contributed by atoms with E-state index in [0.717, 1.165) is 51.3 Å². The Labute approximate surface area is 214 Å². The summed E-state index contributed by atoms with van der Waals surface area (Å²) in [6.45, 7) is 9.31. The first-order valence-corrected chi connectivity index (χ1v) is 12.7. The predicted molar refractivity (Wildman–Crippen MR) is 145 cm³/mol. The number of methoxy groups -OCH3 is 2. The van der Waals surface area contributed by atoms with Gasteiger partial charge in [-0.05, 0) is 50.6 Å². The summed E-state index contributed by atoms with van der Waals surface area (Å²) in [5, 5.41) is 8.70. The van der Waals surface area contributed by atoms with Gasteiger partial charge in [0.25, 0.3) is 5.91 Å². The summed E-state index contributed by atoms with van der Waals surface area (Å²) in [5.74, 6) is 1.00. The Morgan fingerprint density at radius 1 is 0.889 bits per heavy atom. The van der Waals surface area contributed by atoms with Crippen molar-refractivity contribution in [3.05, 3.63) is 42.0 Å². The Kier molecular flexibility index (Phi) is 10.2. The molecule has 196 valence electrons. The molecule has 3 amide bonds. The second-order valence-electron chi connectivity index (χ2n) is 8.74. The Morgan fingerprint density at radius 3 is 2.14 bits per heavy atom. The third-order valence-corrected chi connectivity index (χ3v) is 6.41. The normalized spacial score (nSPS) is 13.3. The Morgan fingerprint density at radius 2 is 1.53 bits per heavy atom. The van der Waals surface area contributed by atoms with Gasteiger partial charge in [-0.2, -0.15) is 0 Å². The van der Waals surface area contributed by atoms with Crippen LogP contribution < -0.4 is 30.3 Å². The van der Waals surface area contributed by atoms with Crippen LogP contribution in [0.4, 0.5) is 21.9 Å². The minimum Gasteiger partial charge on any atom is -0.497 e. The molecule has 9 heteroatoms. The minimum absolute atomic E-state index is 0.135. The van der Waals surface area contributed by atoms with E-state index in [-0.39, 0.29) is 5.91 Å². The second kappa shape index (κ2) is 13.6. The van der Waals surface area contributed by atoms with E-state index in [1.165, 1.54) is 6.42 Å². The number of piperidine rings is 1. The van der Waals surface area contributed by atoms with E-state index in [2.05, 4.69) is 39.6 Å². The molecule has 1 saturated heterocycles. The van der Waals surface area contributed by atoms with Crippen LogP contribution in [0, 0.1) is 0 Å². The molecule has 0 radical (unpaired) electrons. The van der Waals surface area contributed by atoms with Crippen LogP contribution in [-0.4, -0.2) is 70.3 Å². The molecule has 9 nitrogen and oxygen atoms in total. The van der Waals surface area contributed by atoms with Crippen molar-refractivity contribution in [3.63, 3.8) is 0 Å². The highest BCUT2D eigenvalue weighted by Crippen LogP contribution is 2.28. The molecule has 0 spiro atoms.